The molecule has 24 heavy (non-hydrogen) atoms. The molecule has 11 heteroatoms. The van der Waals surface area contributed by atoms with Crippen LogP contribution < -0.4 is 15.1 Å². The zero-order valence-corrected chi connectivity index (χ0v) is 12.6. The molecule has 1 heterocycles. The first-order chi connectivity index (χ1) is 11.1. The van der Waals surface area contributed by atoms with Crippen molar-refractivity contribution in [1.82, 2.24) is 0 Å². The smallest absolute Gasteiger partial charge is 0.294 e. The van der Waals surface area contributed by atoms with Gasteiger partial charge in [0.1, 0.15) is 19.0 Å². The van der Waals surface area contributed by atoms with Crippen LogP contribution in [0.1, 0.15) is 25.7 Å². The normalized spacial score (nSPS) is 32.8. The van der Waals surface area contributed by atoms with Crippen LogP contribution >= 0.6 is 0 Å². The second-order valence-corrected chi connectivity index (χ2v) is 6.42. The highest BCUT2D eigenvalue weighted by atomic mass is 16.6. The molecule has 11 nitrogen and oxygen atoms in total. The first kappa shape index (κ1) is 17.8. The summed E-state index contributed by atoms with van der Waals surface area (Å²) in [5.74, 6) is -3.06. The van der Waals surface area contributed by atoms with Crippen LogP contribution in [0.15, 0.2) is 12.2 Å². The fourth-order valence-electron chi connectivity index (χ4n) is 3.72. The molecule has 1 aliphatic carbocycles. The van der Waals surface area contributed by atoms with Gasteiger partial charge in [0.15, 0.2) is 6.54 Å². The lowest BCUT2D eigenvalue weighted by molar-refractivity contribution is -0.958. The van der Waals surface area contributed by atoms with Crippen LogP contribution in [0.5, 0.6) is 0 Å². The average molecular weight is 342 g/mol. The summed E-state index contributed by atoms with van der Waals surface area (Å²) in [4.78, 5) is 43.8. The third kappa shape index (κ3) is 3.07. The Morgan fingerprint density at radius 1 is 1.17 bits per heavy atom. The molecular formula is C13H16N3O8-. The Bertz CT molecular complexity index is 620. The minimum absolute atomic E-state index is 0.0423. The Morgan fingerprint density at radius 3 is 2.33 bits per heavy atom. The van der Waals surface area contributed by atoms with E-state index in [1.54, 1.807) is 0 Å². The predicted molar refractivity (Wildman–Crippen MR) is 71.6 cm³/mol. The number of likely N-dealkylation sites (tertiary alicyclic amines) is 1. The molecular weight excluding hydrogens is 326 g/mol. The molecule has 0 saturated carbocycles. The number of nitro groups is 2. The molecule has 2 aliphatic rings. The number of nitrogens with one attached hydrogen (secondary N) is 1. The largest absolute Gasteiger partial charge is 0.550 e. The number of rotatable bonds is 7. The molecule has 0 aromatic heterocycles. The lowest BCUT2D eigenvalue weighted by atomic mass is 9.71. The number of carboxylic acids is 2. The van der Waals surface area contributed by atoms with Gasteiger partial charge < -0.3 is 24.7 Å². The number of aliphatic carboxylic acids is 2. The number of carbonyl (C=O) groups excluding carboxylic acids is 2. The van der Waals surface area contributed by atoms with Crippen molar-refractivity contribution in [3.05, 3.63) is 32.4 Å². The molecule has 1 N–H and O–H groups in total. The first-order valence-electron chi connectivity index (χ1n) is 7.34. The van der Waals surface area contributed by atoms with Gasteiger partial charge in [-0.1, -0.05) is 6.08 Å². The standard InChI is InChI=1S/C13H17N3O8/c17-10(18)3-2-9(11(19)20)14-7-12(15(21)22)4-1-5-13(6-12,8-14)16(23)24/h1,4,9H,2-3,5-8H2,(H,17,18)(H,19,20)/p-1/t9-,12+,13-/m0/s1. The lowest BCUT2D eigenvalue weighted by Crippen LogP contribution is -3.22. The highest BCUT2D eigenvalue weighted by Gasteiger charge is 2.65. The van der Waals surface area contributed by atoms with E-state index in [0.717, 1.165) is 0 Å². The SMILES string of the molecule is O=C([O-])CC[C@@H](C(=O)[O-])[NH+]1C[C@@]2([N+](=O)[O-])C=CC[C@@]([N+](=O)[O-])(C1)C2. The first-order valence-corrected chi connectivity index (χ1v) is 7.34. The van der Waals surface area contributed by atoms with Crippen molar-refractivity contribution < 1.29 is 34.5 Å². The maximum atomic E-state index is 11.5. The number of nitrogens with zero attached hydrogens (tertiary/aromatic N) is 2. The van der Waals surface area contributed by atoms with Crippen LogP contribution in [-0.4, -0.2) is 52.0 Å². The van der Waals surface area contributed by atoms with Crippen molar-refractivity contribution in [1.29, 1.82) is 0 Å². The molecule has 132 valence electrons. The Labute approximate surface area is 135 Å². The van der Waals surface area contributed by atoms with E-state index in [2.05, 4.69) is 0 Å². The maximum absolute atomic E-state index is 11.5. The van der Waals surface area contributed by atoms with Crippen molar-refractivity contribution >= 4 is 11.9 Å². The van der Waals surface area contributed by atoms with Gasteiger partial charge in [0.05, 0.1) is 5.97 Å². The number of fused-ring (bicyclic) bond motifs is 2. The fraction of sp³-hybridized carbons (Fsp3) is 0.692. The van der Waals surface area contributed by atoms with Gasteiger partial charge >= 0.3 is 0 Å². The van der Waals surface area contributed by atoms with E-state index in [4.69, 9.17) is 0 Å². The van der Waals surface area contributed by atoms with Crippen molar-refractivity contribution in [2.24, 2.45) is 0 Å². The predicted octanol–water partition coefficient (Wildman–Crippen LogP) is -4.09. The van der Waals surface area contributed by atoms with Gasteiger partial charge in [-0.15, -0.1) is 0 Å². The van der Waals surface area contributed by atoms with Gasteiger partial charge in [0.25, 0.3) is 11.1 Å². The van der Waals surface area contributed by atoms with Crippen molar-refractivity contribution in [3.63, 3.8) is 0 Å². The number of quaternary nitrogens is 1. The van der Waals surface area contributed by atoms with E-state index in [9.17, 15) is 40.0 Å². The number of piperidine rings is 1. The van der Waals surface area contributed by atoms with Crippen LogP contribution in [0.3, 0.4) is 0 Å². The topological polar surface area (TPSA) is 171 Å². The maximum Gasteiger partial charge on any atom is 0.294 e. The monoisotopic (exact) mass is 342 g/mol. The Hall–Kier alpha value is -2.56. The average Bonchev–Trinajstić information content (AvgIpc) is 2.46. The summed E-state index contributed by atoms with van der Waals surface area (Å²) in [5.41, 5.74) is -3.39. The molecule has 1 saturated heterocycles. The summed E-state index contributed by atoms with van der Waals surface area (Å²) in [7, 11) is 0. The highest BCUT2D eigenvalue weighted by molar-refractivity contribution is 5.71. The fourth-order valence-corrected chi connectivity index (χ4v) is 3.72. The molecule has 1 aliphatic heterocycles. The van der Waals surface area contributed by atoms with E-state index in [1.165, 1.54) is 12.2 Å². The van der Waals surface area contributed by atoms with E-state index in [-0.39, 0.29) is 37.3 Å². The third-order valence-electron chi connectivity index (χ3n) is 4.82. The number of hydrogen-bond acceptors (Lipinski definition) is 8. The molecule has 2 bridgehead atoms. The van der Waals surface area contributed by atoms with E-state index >= 15 is 0 Å². The summed E-state index contributed by atoms with van der Waals surface area (Å²) in [6, 6.07) is -1.40. The molecule has 0 spiro atoms. The Morgan fingerprint density at radius 2 is 1.83 bits per heavy atom. The number of carbonyl (C=O) groups is 2. The molecule has 1 fully saturated rings. The molecule has 0 aromatic carbocycles. The molecule has 1 unspecified atom stereocenters. The second-order valence-electron chi connectivity index (χ2n) is 6.42. The Balaban J connectivity index is 2.38. The molecule has 0 amide bonds. The summed E-state index contributed by atoms with van der Waals surface area (Å²) in [6.45, 7) is -0.524. The van der Waals surface area contributed by atoms with Crippen LogP contribution in [0.25, 0.3) is 0 Å². The molecule has 0 radical (unpaired) electrons. The molecule has 0 aromatic rings. The summed E-state index contributed by atoms with van der Waals surface area (Å²) >= 11 is 0. The van der Waals surface area contributed by atoms with Gasteiger partial charge in [0.2, 0.25) is 0 Å². The summed E-state index contributed by atoms with van der Waals surface area (Å²) in [6.07, 6.45) is 1.36. The molecule has 2 rings (SSSR count). The minimum Gasteiger partial charge on any atom is -0.550 e. The zero-order chi connectivity index (χ0) is 18.1. The second kappa shape index (κ2) is 6.15. The van der Waals surface area contributed by atoms with E-state index < -0.39 is 45.3 Å². The van der Waals surface area contributed by atoms with Crippen molar-refractivity contribution in [2.75, 3.05) is 13.1 Å². The van der Waals surface area contributed by atoms with Crippen molar-refractivity contribution in [3.8, 4) is 0 Å². The van der Waals surface area contributed by atoms with Crippen molar-refractivity contribution in [2.45, 2.75) is 42.8 Å². The molecule has 4 atom stereocenters. The minimum atomic E-state index is -1.74. The summed E-state index contributed by atoms with van der Waals surface area (Å²) in [5, 5.41) is 45.0. The van der Waals surface area contributed by atoms with Crippen LogP contribution in [-0.2, 0) is 9.59 Å². The van der Waals surface area contributed by atoms with E-state index in [0.29, 0.717) is 0 Å². The highest BCUT2D eigenvalue weighted by Crippen LogP contribution is 2.36. The van der Waals surface area contributed by atoms with Gasteiger partial charge in [-0.25, -0.2) is 0 Å². The summed E-state index contributed by atoms with van der Waals surface area (Å²) < 4.78 is 0. The van der Waals surface area contributed by atoms with Crippen LogP contribution in [0.2, 0.25) is 0 Å². The van der Waals surface area contributed by atoms with E-state index in [1.807, 2.05) is 0 Å². The van der Waals surface area contributed by atoms with Crippen LogP contribution in [0, 0.1) is 20.2 Å². The Kier molecular flexibility index (Phi) is 4.56. The van der Waals surface area contributed by atoms with Gasteiger partial charge in [-0.2, -0.15) is 0 Å². The van der Waals surface area contributed by atoms with Crippen LogP contribution in [0.4, 0.5) is 0 Å². The quantitative estimate of drug-likeness (QED) is 0.276. The third-order valence-corrected chi connectivity index (χ3v) is 4.82. The number of hydrogen-bond donors (Lipinski definition) is 1. The van der Waals surface area contributed by atoms with Gasteiger partial charge in [-0.3, -0.25) is 20.2 Å². The van der Waals surface area contributed by atoms with Gasteiger partial charge in [-0.05, 0) is 12.5 Å². The van der Waals surface area contributed by atoms with Gasteiger partial charge in [0, 0.05) is 28.7 Å². The number of carboxylic acid groups (broad SMARTS) is 2. The lowest BCUT2D eigenvalue weighted by Gasteiger charge is -2.44. The zero-order valence-electron chi connectivity index (χ0n) is 12.6.